The molecule has 1 amide bonds. The van der Waals surface area contributed by atoms with Crippen LogP contribution in [0.25, 0.3) is 0 Å². The third-order valence-corrected chi connectivity index (χ3v) is 0.201. The number of rotatable bonds is 0. The third-order valence-electron chi connectivity index (χ3n) is 0.201. The molecule has 0 radical (unpaired) electrons. The van der Waals surface area contributed by atoms with Crippen LogP contribution < -0.4 is 35.3 Å². The first-order valence-electron chi connectivity index (χ1n) is 1.11. The molecule has 6 heavy (non-hydrogen) atoms. The number of hydrogen-bond donors (Lipinski definition) is 1. The van der Waals surface area contributed by atoms with Gasteiger partial charge in [-0.25, -0.2) is 4.79 Å². The fraction of sp³-hybridized carbons (Fsp3) is 0.500. The van der Waals surface area contributed by atoms with E-state index in [1.807, 2.05) is 0 Å². The molecule has 0 aliphatic carbocycles. The fourth-order valence-electron chi connectivity index (χ4n) is 0. The molecule has 0 aliphatic rings. The Morgan fingerprint density at radius 1 is 2.00 bits per heavy atom. The zero-order valence-electron chi connectivity index (χ0n) is 4.89. The Morgan fingerprint density at radius 2 is 2.17 bits per heavy atom. The van der Waals surface area contributed by atoms with Gasteiger partial charge >= 0.3 is 35.7 Å². The van der Waals surface area contributed by atoms with Gasteiger partial charge in [-0.1, -0.05) is 0 Å². The number of ether oxygens (including phenoxy) is 1. The number of amides is 1. The second-order valence-corrected chi connectivity index (χ2v) is 0.523. The second-order valence-electron chi connectivity index (χ2n) is 0.523. The van der Waals surface area contributed by atoms with Crippen molar-refractivity contribution >= 4 is 6.09 Å². The summed E-state index contributed by atoms with van der Waals surface area (Å²) < 4.78 is 3.89. The molecule has 0 aromatic carbocycles. The molecule has 0 unspecified atom stereocenters. The van der Waals surface area contributed by atoms with E-state index >= 15 is 0 Å². The molecule has 0 saturated heterocycles. The van der Waals surface area contributed by atoms with Gasteiger partial charge in [0.05, 0.1) is 7.11 Å². The van der Waals surface area contributed by atoms with Gasteiger partial charge in [-0.3, -0.25) is 0 Å². The largest absolute Gasteiger partial charge is 1.00 e. The molecular weight excluding hydrogens is 93.0 g/mol. The van der Waals surface area contributed by atoms with Crippen LogP contribution in [-0.2, 0) is 4.74 Å². The normalized spacial score (nSPS) is 5.50. The number of methoxy groups -OCH3 is 1. The van der Waals surface area contributed by atoms with E-state index in [2.05, 4.69) is 10.5 Å². The molecule has 3 nitrogen and oxygen atoms in total. The summed E-state index contributed by atoms with van der Waals surface area (Å²) in [6.45, 7) is 0. The fourth-order valence-corrected chi connectivity index (χ4v) is 0. The summed E-state index contributed by atoms with van der Waals surface area (Å²) in [5.41, 5.74) is 4.43. The van der Waals surface area contributed by atoms with Crippen molar-refractivity contribution in [1.29, 1.82) is 0 Å². The van der Waals surface area contributed by atoms with Gasteiger partial charge in [0.15, 0.2) is 0 Å². The predicted molar refractivity (Wildman–Crippen MR) is 17.7 cm³/mol. The first kappa shape index (κ1) is 9.55. The maximum Gasteiger partial charge on any atom is 1.00 e. The summed E-state index contributed by atoms with van der Waals surface area (Å²) in [5.74, 6) is 0. The quantitative estimate of drug-likeness (QED) is 0.326. The standard InChI is InChI=1S/C2H5NO2.Na.H/c1-5-2(3)4;;/h1H3,(H2,3,4);;/q;+1;-1. The monoisotopic (exact) mass is 99.0 g/mol. The maximum absolute atomic E-state index is 9.37. The molecule has 0 fully saturated rings. The van der Waals surface area contributed by atoms with E-state index in [4.69, 9.17) is 0 Å². The van der Waals surface area contributed by atoms with Crippen LogP contribution in [0.2, 0.25) is 0 Å². The van der Waals surface area contributed by atoms with Gasteiger partial charge in [0.25, 0.3) is 0 Å². The van der Waals surface area contributed by atoms with E-state index in [0.717, 1.165) is 0 Å². The van der Waals surface area contributed by atoms with Crippen LogP contribution in [0.15, 0.2) is 0 Å². The Bertz CT molecular complexity index is 51.0. The smallest absolute Gasteiger partial charge is 1.00 e. The summed E-state index contributed by atoms with van der Waals surface area (Å²) in [4.78, 5) is 9.37. The molecule has 0 bridgehead atoms. The molecule has 4 heteroatoms. The Kier molecular flexibility index (Phi) is 8.39. The average Bonchev–Trinajstić information content (AvgIpc) is 1.38. The topological polar surface area (TPSA) is 52.3 Å². The maximum atomic E-state index is 9.37. The molecule has 0 atom stereocenters. The van der Waals surface area contributed by atoms with Crippen molar-refractivity contribution in [2.75, 3.05) is 7.11 Å². The summed E-state index contributed by atoms with van der Waals surface area (Å²) >= 11 is 0. The van der Waals surface area contributed by atoms with Crippen molar-refractivity contribution < 1.29 is 40.5 Å². The minimum atomic E-state index is -0.745. The molecule has 32 valence electrons. The Morgan fingerprint density at radius 3 is 2.17 bits per heavy atom. The van der Waals surface area contributed by atoms with Crippen molar-refractivity contribution in [2.24, 2.45) is 5.73 Å². The predicted octanol–water partition coefficient (Wildman–Crippen LogP) is -3.17. The Balaban J connectivity index is -0.0000000800. The number of carbonyl (C=O) groups excluding carboxylic acids is 1. The first-order valence-corrected chi connectivity index (χ1v) is 1.11. The molecule has 0 aliphatic heterocycles. The Hall–Kier alpha value is 0.270. The minimum Gasteiger partial charge on any atom is -1.00 e. The van der Waals surface area contributed by atoms with Gasteiger partial charge in [-0.05, 0) is 0 Å². The van der Waals surface area contributed by atoms with E-state index in [1.165, 1.54) is 7.11 Å². The van der Waals surface area contributed by atoms with Gasteiger partial charge in [0.1, 0.15) is 0 Å². The van der Waals surface area contributed by atoms with Crippen LogP contribution in [0.3, 0.4) is 0 Å². The average molecular weight is 99.1 g/mol. The van der Waals surface area contributed by atoms with Crippen molar-refractivity contribution in [3.05, 3.63) is 0 Å². The van der Waals surface area contributed by atoms with Gasteiger partial charge < -0.3 is 11.9 Å². The van der Waals surface area contributed by atoms with Crippen LogP contribution in [0.1, 0.15) is 1.43 Å². The zero-order chi connectivity index (χ0) is 4.28. The molecule has 0 saturated carbocycles. The molecule has 0 spiro atoms. The molecule has 0 rings (SSSR count). The van der Waals surface area contributed by atoms with Crippen LogP contribution in [0.4, 0.5) is 4.79 Å². The van der Waals surface area contributed by atoms with Gasteiger partial charge in [0.2, 0.25) is 0 Å². The van der Waals surface area contributed by atoms with E-state index in [-0.39, 0.29) is 31.0 Å². The van der Waals surface area contributed by atoms with Crippen molar-refractivity contribution in [3.63, 3.8) is 0 Å². The summed E-state index contributed by atoms with van der Waals surface area (Å²) in [6.07, 6.45) is -0.745. The van der Waals surface area contributed by atoms with Gasteiger partial charge in [-0.15, -0.1) is 0 Å². The first-order chi connectivity index (χ1) is 2.27. The number of primary amides is 1. The summed E-state index contributed by atoms with van der Waals surface area (Å²) in [7, 11) is 1.22. The molecule has 0 heterocycles. The molecule has 0 aromatic heterocycles. The van der Waals surface area contributed by atoms with E-state index in [0.29, 0.717) is 0 Å². The van der Waals surface area contributed by atoms with E-state index in [1.54, 1.807) is 0 Å². The van der Waals surface area contributed by atoms with Crippen LogP contribution in [0, 0.1) is 0 Å². The zero-order valence-corrected chi connectivity index (χ0v) is 5.89. The van der Waals surface area contributed by atoms with E-state index < -0.39 is 6.09 Å². The van der Waals surface area contributed by atoms with E-state index in [9.17, 15) is 4.79 Å². The summed E-state index contributed by atoms with van der Waals surface area (Å²) in [6, 6.07) is 0. The van der Waals surface area contributed by atoms with Crippen molar-refractivity contribution in [2.45, 2.75) is 0 Å². The van der Waals surface area contributed by atoms with Crippen LogP contribution in [0.5, 0.6) is 0 Å². The summed E-state index contributed by atoms with van der Waals surface area (Å²) in [5, 5.41) is 0. The van der Waals surface area contributed by atoms with Crippen molar-refractivity contribution in [1.82, 2.24) is 0 Å². The second kappa shape index (κ2) is 5.27. The minimum absolute atomic E-state index is 0. The number of carbonyl (C=O) groups is 1. The Labute approximate surface area is 59.6 Å². The van der Waals surface area contributed by atoms with Crippen molar-refractivity contribution in [3.8, 4) is 0 Å². The molecular formula is C2H6NNaO2. The molecule has 0 aromatic rings. The SMILES string of the molecule is COC(N)=O.[H-].[Na+]. The molecule has 2 N–H and O–H groups in total. The van der Waals surface area contributed by atoms with Gasteiger partial charge in [-0.2, -0.15) is 0 Å². The van der Waals surface area contributed by atoms with Crippen LogP contribution in [-0.4, -0.2) is 13.2 Å². The number of nitrogens with two attached hydrogens (primary N) is 1. The number of hydrogen-bond acceptors (Lipinski definition) is 2. The van der Waals surface area contributed by atoms with Crippen LogP contribution >= 0.6 is 0 Å². The third kappa shape index (κ3) is 8.86. The van der Waals surface area contributed by atoms with Gasteiger partial charge in [0, 0.05) is 0 Å².